The summed E-state index contributed by atoms with van der Waals surface area (Å²) in [6.07, 6.45) is 3.94. The fourth-order valence-corrected chi connectivity index (χ4v) is 2.31. The van der Waals surface area contributed by atoms with Crippen molar-refractivity contribution in [1.82, 2.24) is 0 Å². The summed E-state index contributed by atoms with van der Waals surface area (Å²) in [4.78, 5) is 10.9. The first-order valence-corrected chi connectivity index (χ1v) is 7.35. The van der Waals surface area contributed by atoms with Gasteiger partial charge in [-0.15, -0.1) is 0 Å². The zero-order valence-corrected chi connectivity index (χ0v) is 12.2. The molecule has 0 saturated heterocycles. The first kappa shape index (κ1) is 16.5. The maximum atomic E-state index is 10.9. The van der Waals surface area contributed by atoms with Gasteiger partial charge >= 0.3 is 5.97 Å². The molecule has 0 aliphatic rings. The second kappa shape index (κ2) is 9.37. The van der Waals surface area contributed by atoms with Gasteiger partial charge in [0.05, 0.1) is 5.92 Å². The van der Waals surface area contributed by atoms with Crippen molar-refractivity contribution < 1.29 is 9.90 Å². The quantitative estimate of drug-likeness (QED) is 0.575. The lowest BCUT2D eigenvalue weighted by molar-refractivity contribution is -0.141. The van der Waals surface area contributed by atoms with Crippen LogP contribution in [0.15, 0.2) is 30.3 Å². The Bertz CT molecular complexity index is 381. The van der Waals surface area contributed by atoms with Crippen LogP contribution < -0.4 is 11.1 Å². The minimum absolute atomic E-state index is 0.231. The topological polar surface area (TPSA) is 75.3 Å². The summed E-state index contributed by atoms with van der Waals surface area (Å²) in [5, 5.41) is 12.3. The number of carboxylic acids is 1. The van der Waals surface area contributed by atoms with Gasteiger partial charge in [-0.2, -0.15) is 0 Å². The summed E-state index contributed by atoms with van der Waals surface area (Å²) in [6.45, 7) is 3.29. The molecule has 0 aromatic heterocycles. The summed E-state index contributed by atoms with van der Waals surface area (Å²) < 4.78 is 0. The zero-order valence-electron chi connectivity index (χ0n) is 12.2. The molecule has 4 heteroatoms. The first-order valence-electron chi connectivity index (χ1n) is 7.35. The molecular formula is C16H26N2O2. The summed E-state index contributed by atoms with van der Waals surface area (Å²) >= 11 is 0. The van der Waals surface area contributed by atoms with E-state index >= 15 is 0 Å². The highest BCUT2D eigenvalue weighted by Crippen LogP contribution is 2.17. The second-order valence-electron chi connectivity index (χ2n) is 5.40. The Hall–Kier alpha value is -1.55. The molecule has 0 heterocycles. The van der Waals surface area contributed by atoms with Crippen molar-refractivity contribution in [3.63, 3.8) is 0 Å². The van der Waals surface area contributed by atoms with Crippen molar-refractivity contribution in [3.05, 3.63) is 30.3 Å². The van der Waals surface area contributed by atoms with Crippen LogP contribution in [0.1, 0.15) is 32.6 Å². The van der Waals surface area contributed by atoms with Gasteiger partial charge in [0.2, 0.25) is 0 Å². The molecule has 0 aliphatic heterocycles. The zero-order chi connectivity index (χ0) is 14.8. The third kappa shape index (κ3) is 6.57. The van der Waals surface area contributed by atoms with Gasteiger partial charge in [0.1, 0.15) is 0 Å². The minimum Gasteiger partial charge on any atom is -0.481 e. The third-order valence-corrected chi connectivity index (χ3v) is 3.55. The van der Waals surface area contributed by atoms with Gasteiger partial charge in [-0.1, -0.05) is 38.0 Å². The van der Waals surface area contributed by atoms with E-state index in [4.69, 9.17) is 10.8 Å². The number of para-hydroxylation sites is 1. The van der Waals surface area contributed by atoms with Crippen LogP contribution in [0, 0.1) is 11.8 Å². The Morgan fingerprint density at radius 3 is 2.60 bits per heavy atom. The number of anilines is 1. The molecule has 0 fully saturated rings. The van der Waals surface area contributed by atoms with E-state index in [0.29, 0.717) is 12.3 Å². The van der Waals surface area contributed by atoms with Gasteiger partial charge in [-0.3, -0.25) is 4.79 Å². The van der Waals surface area contributed by atoms with Crippen molar-refractivity contribution >= 4 is 11.7 Å². The van der Waals surface area contributed by atoms with E-state index < -0.39 is 11.9 Å². The molecule has 0 amide bonds. The molecule has 1 aromatic rings. The summed E-state index contributed by atoms with van der Waals surface area (Å²) in [7, 11) is 0. The van der Waals surface area contributed by atoms with Crippen molar-refractivity contribution in [3.8, 4) is 0 Å². The molecule has 0 saturated carbocycles. The number of nitrogens with one attached hydrogen (secondary N) is 1. The maximum Gasteiger partial charge on any atom is 0.307 e. The van der Waals surface area contributed by atoms with Crippen LogP contribution in [0.4, 0.5) is 5.69 Å². The Labute approximate surface area is 121 Å². The number of hydrogen-bond acceptors (Lipinski definition) is 3. The highest BCUT2D eigenvalue weighted by Gasteiger charge is 2.18. The smallest absolute Gasteiger partial charge is 0.307 e. The molecule has 0 aliphatic carbocycles. The lowest BCUT2D eigenvalue weighted by Crippen LogP contribution is -2.25. The van der Waals surface area contributed by atoms with Crippen LogP contribution in [-0.2, 0) is 4.79 Å². The first-order chi connectivity index (χ1) is 9.63. The number of benzene rings is 1. The highest BCUT2D eigenvalue weighted by molar-refractivity contribution is 5.70. The van der Waals surface area contributed by atoms with E-state index in [-0.39, 0.29) is 6.54 Å². The van der Waals surface area contributed by atoms with Crippen LogP contribution in [0.25, 0.3) is 0 Å². The number of carboxylic acid groups (broad SMARTS) is 1. The number of aliphatic carboxylic acids is 1. The maximum absolute atomic E-state index is 10.9. The van der Waals surface area contributed by atoms with Crippen molar-refractivity contribution in [2.24, 2.45) is 17.6 Å². The molecular weight excluding hydrogens is 252 g/mol. The Morgan fingerprint density at radius 1 is 1.30 bits per heavy atom. The van der Waals surface area contributed by atoms with Crippen LogP contribution >= 0.6 is 0 Å². The number of rotatable bonds is 10. The third-order valence-electron chi connectivity index (χ3n) is 3.55. The second-order valence-corrected chi connectivity index (χ2v) is 5.40. The molecule has 1 aromatic carbocycles. The van der Waals surface area contributed by atoms with E-state index in [9.17, 15) is 4.79 Å². The monoisotopic (exact) mass is 278 g/mol. The predicted molar refractivity (Wildman–Crippen MR) is 82.7 cm³/mol. The van der Waals surface area contributed by atoms with Gasteiger partial charge in [-0.25, -0.2) is 0 Å². The SMILES string of the molecule is C[C@@H](CCCCNc1ccccc1)C[C@H](CN)C(=O)O. The summed E-state index contributed by atoms with van der Waals surface area (Å²) in [5.74, 6) is -0.756. The molecule has 0 spiro atoms. The van der Waals surface area contributed by atoms with E-state index in [2.05, 4.69) is 24.4 Å². The Kier molecular flexibility index (Phi) is 7.73. The van der Waals surface area contributed by atoms with E-state index in [1.807, 2.05) is 18.2 Å². The van der Waals surface area contributed by atoms with Crippen molar-refractivity contribution in [2.75, 3.05) is 18.4 Å². The standard InChI is InChI=1S/C16H26N2O2/c1-13(11-14(12-17)16(19)20)7-5-6-10-18-15-8-3-2-4-9-15/h2-4,8-9,13-14,18H,5-7,10-12,17H2,1H3,(H,19,20)/t13-,14+/m0/s1. The fourth-order valence-electron chi connectivity index (χ4n) is 2.31. The largest absolute Gasteiger partial charge is 0.481 e. The number of hydrogen-bond donors (Lipinski definition) is 3. The molecule has 4 N–H and O–H groups in total. The lowest BCUT2D eigenvalue weighted by atomic mass is 9.92. The fraction of sp³-hybridized carbons (Fsp3) is 0.562. The lowest BCUT2D eigenvalue weighted by Gasteiger charge is -2.16. The normalized spacial score (nSPS) is 13.7. The van der Waals surface area contributed by atoms with Gasteiger partial charge in [0.15, 0.2) is 0 Å². The van der Waals surface area contributed by atoms with Crippen LogP contribution in [0.2, 0.25) is 0 Å². The van der Waals surface area contributed by atoms with Crippen LogP contribution in [-0.4, -0.2) is 24.2 Å². The van der Waals surface area contributed by atoms with Gasteiger partial charge in [0.25, 0.3) is 0 Å². The molecule has 0 unspecified atom stereocenters. The van der Waals surface area contributed by atoms with Gasteiger partial charge in [-0.05, 0) is 30.9 Å². The number of unbranched alkanes of at least 4 members (excludes halogenated alkanes) is 1. The van der Waals surface area contributed by atoms with Gasteiger partial charge < -0.3 is 16.2 Å². The van der Waals surface area contributed by atoms with Gasteiger partial charge in [0, 0.05) is 18.8 Å². The average Bonchev–Trinajstić information content (AvgIpc) is 2.45. The predicted octanol–water partition coefficient (Wildman–Crippen LogP) is 2.95. The summed E-state index contributed by atoms with van der Waals surface area (Å²) in [5.41, 5.74) is 6.62. The highest BCUT2D eigenvalue weighted by atomic mass is 16.4. The molecule has 20 heavy (non-hydrogen) atoms. The van der Waals surface area contributed by atoms with E-state index in [0.717, 1.165) is 31.5 Å². The Morgan fingerprint density at radius 2 is 2.00 bits per heavy atom. The van der Waals surface area contributed by atoms with Crippen LogP contribution in [0.3, 0.4) is 0 Å². The number of nitrogens with two attached hydrogens (primary N) is 1. The average molecular weight is 278 g/mol. The van der Waals surface area contributed by atoms with E-state index in [1.54, 1.807) is 0 Å². The molecule has 2 atom stereocenters. The van der Waals surface area contributed by atoms with E-state index in [1.165, 1.54) is 0 Å². The summed E-state index contributed by atoms with van der Waals surface area (Å²) in [6, 6.07) is 10.2. The van der Waals surface area contributed by atoms with Crippen LogP contribution in [0.5, 0.6) is 0 Å². The Balaban J connectivity index is 2.10. The minimum atomic E-state index is -0.773. The van der Waals surface area contributed by atoms with Crippen molar-refractivity contribution in [2.45, 2.75) is 32.6 Å². The molecule has 1 rings (SSSR count). The molecule has 112 valence electrons. The molecule has 0 radical (unpaired) electrons. The number of carbonyl (C=O) groups is 1. The molecule has 4 nitrogen and oxygen atoms in total. The molecule has 0 bridgehead atoms. The van der Waals surface area contributed by atoms with Crippen molar-refractivity contribution in [1.29, 1.82) is 0 Å².